The van der Waals surface area contributed by atoms with Crippen molar-refractivity contribution in [2.24, 2.45) is 5.92 Å². The third-order valence-corrected chi connectivity index (χ3v) is 4.18. The first-order chi connectivity index (χ1) is 13.9. The quantitative estimate of drug-likeness (QED) is 0.238. The van der Waals surface area contributed by atoms with Crippen LogP contribution >= 0.6 is 11.6 Å². The number of carbonyl (C=O) groups excluding carboxylic acids is 1. The molecule has 0 unspecified atom stereocenters. The van der Waals surface area contributed by atoms with E-state index in [0.29, 0.717) is 39.1 Å². The van der Waals surface area contributed by atoms with Crippen LogP contribution < -0.4 is 10.1 Å². The molecule has 1 saturated carbocycles. The summed E-state index contributed by atoms with van der Waals surface area (Å²) in [5.74, 6) is 0.730. The van der Waals surface area contributed by atoms with E-state index in [-0.39, 0.29) is 11.7 Å². The number of pyridine rings is 1. The maximum absolute atomic E-state index is 12.5. The minimum absolute atomic E-state index is 0.0834. The van der Waals surface area contributed by atoms with Crippen LogP contribution in [0.5, 0.6) is 5.75 Å². The number of anilines is 2. The van der Waals surface area contributed by atoms with E-state index >= 15 is 0 Å². The van der Waals surface area contributed by atoms with Crippen molar-refractivity contribution in [3.63, 3.8) is 0 Å². The zero-order valence-electron chi connectivity index (χ0n) is 17.8. The molecule has 1 heterocycles. The minimum atomic E-state index is 0.0834. The number of aromatic nitrogens is 1. The van der Waals surface area contributed by atoms with Gasteiger partial charge in [0.2, 0.25) is 0 Å². The van der Waals surface area contributed by atoms with E-state index in [4.69, 9.17) is 21.7 Å². The maximum Gasteiger partial charge on any atom is 0.169 e. The summed E-state index contributed by atoms with van der Waals surface area (Å²) in [4.78, 5) is 16.5. The van der Waals surface area contributed by atoms with Crippen molar-refractivity contribution >= 4 is 34.5 Å². The van der Waals surface area contributed by atoms with Crippen molar-refractivity contribution in [3.05, 3.63) is 59.4 Å². The van der Waals surface area contributed by atoms with Gasteiger partial charge in [-0.3, -0.25) is 4.79 Å². The second-order valence-electron chi connectivity index (χ2n) is 6.24. The molecule has 1 fully saturated rings. The SMILES string of the molecule is C=CC.CC.COc1c(Nc2cc(Cl)ncc2C(=O)C2CC2)cccc1C(C)=N. The largest absolute Gasteiger partial charge is 0.494 e. The lowest BCUT2D eigenvalue weighted by Crippen LogP contribution is -2.08. The van der Waals surface area contributed by atoms with Gasteiger partial charge < -0.3 is 15.5 Å². The summed E-state index contributed by atoms with van der Waals surface area (Å²) >= 11 is 6.01. The van der Waals surface area contributed by atoms with Crippen LogP contribution in [0.3, 0.4) is 0 Å². The fourth-order valence-electron chi connectivity index (χ4n) is 2.59. The maximum atomic E-state index is 12.5. The third-order valence-electron chi connectivity index (χ3n) is 3.98. The Morgan fingerprint density at radius 1 is 1.31 bits per heavy atom. The molecular formula is C23H30ClN3O2. The molecule has 0 atom stereocenters. The molecule has 156 valence electrons. The predicted octanol–water partition coefficient (Wildman–Crippen LogP) is 6.69. The number of Topliss-reactive ketones (excluding diaryl/α,β-unsaturated/α-hetero) is 1. The molecule has 1 aromatic carbocycles. The summed E-state index contributed by atoms with van der Waals surface area (Å²) in [5, 5.41) is 11.4. The molecule has 0 radical (unpaired) electrons. The van der Waals surface area contributed by atoms with Gasteiger partial charge in [0.1, 0.15) is 5.15 Å². The van der Waals surface area contributed by atoms with Gasteiger partial charge in [-0.25, -0.2) is 4.98 Å². The first-order valence-corrected chi connectivity index (χ1v) is 10.1. The molecule has 0 bridgehead atoms. The summed E-state index contributed by atoms with van der Waals surface area (Å²) in [5.41, 5.74) is 2.90. The van der Waals surface area contributed by atoms with Crippen molar-refractivity contribution in [2.75, 3.05) is 12.4 Å². The lowest BCUT2D eigenvalue weighted by atomic mass is 10.1. The topological polar surface area (TPSA) is 75.1 Å². The van der Waals surface area contributed by atoms with Crippen LogP contribution in [0.25, 0.3) is 0 Å². The molecule has 5 nitrogen and oxygen atoms in total. The van der Waals surface area contributed by atoms with Gasteiger partial charge in [0, 0.05) is 23.4 Å². The molecule has 6 heteroatoms. The number of carbonyl (C=O) groups is 1. The molecule has 2 aromatic rings. The predicted molar refractivity (Wildman–Crippen MR) is 122 cm³/mol. The van der Waals surface area contributed by atoms with Crippen molar-refractivity contribution < 1.29 is 9.53 Å². The minimum Gasteiger partial charge on any atom is -0.494 e. The highest BCUT2D eigenvalue weighted by Gasteiger charge is 2.32. The smallest absolute Gasteiger partial charge is 0.169 e. The van der Waals surface area contributed by atoms with E-state index in [0.717, 1.165) is 12.8 Å². The van der Waals surface area contributed by atoms with Gasteiger partial charge in [-0.15, -0.1) is 6.58 Å². The van der Waals surface area contributed by atoms with E-state index in [9.17, 15) is 4.79 Å². The molecule has 29 heavy (non-hydrogen) atoms. The second kappa shape index (κ2) is 12.0. The molecule has 0 amide bonds. The molecule has 0 aliphatic heterocycles. The Kier molecular flexibility index (Phi) is 10.1. The van der Waals surface area contributed by atoms with Crippen LogP contribution in [0.2, 0.25) is 5.15 Å². The van der Waals surface area contributed by atoms with Crippen LogP contribution in [0.4, 0.5) is 11.4 Å². The standard InChI is InChI=1S/C18H18ClN3O2.C3H6.C2H6/c1-10(20)12-4-3-5-14(18(12)24-2)22-15-8-16(19)21-9-13(15)17(23)11-6-7-11;1-3-2;1-2/h3-5,8-9,11,20H,6-7H2,1-2H3,(H,21,22);3H,1H2,2H3;1-2H3. The summed E-state index contributed by atoms with van der Waals surface area (Å²) in [7, 11) is 1.56. The monoisotopic (exact) mass is 415 g/mol. The van der Waals surface area contributed by atoms with E-state index < -0.39 is 0 Å². The number of hydrogen-bond donors (Lipinski definition) is 2. The number of para-hydroxylation sites is 1. The van der Waals surface area contributed by atoms with Gasteiger partial charge in [-0.2, -0.15) is 0 Å². The van der Waals surface area contributed by atoms with E-state index in [1.165, 1.54) is 6.20 Å². The van der Waals surface area contributed by atoms with Crippen LogP contribution in [-0.4, -0.2) is 23.6 Å². The number of nitrogens with one attached hydrogen (secondary N) is 2. The first kappa shape index (κ1) is 24.4. The Morgan fingerprint density at radius 2 is 1.93 bits per heavy atom. The lowest BCUT2D eigenvalue weighted by Gasteiger charge is -2.16. The fraction of sp³-hybridized carbons (Fsp3) is 0.348. The summed E-state index contributed by atoms with van der Waals surface area (Å²) in [6, 6.07) is 7.14. The van der Waals surface area contributed by atoms with Crippen molar-refractivity contribution in [2.45, 2.75) is 40.5 Å². The Labute approximate surface area is 178 Å². The van der Waals surface area contributed by atoms with E-state index in [2.05, 4.69) is 16.9 Å². The third kappa shape index (κ3) is 6.71. The van der Waals surface area contributed by atoms with Crippen LogP contribution in [0, 0.1) is 11.3 Å². The van der Waals surface area contributed by atoms with Crippen LogP contribution in [-0.2, 0) is 0 Å². The number of allylic oxidation sites excluding steroid dienone is 1. The number of halogens is 1. The number of methoxy groups -OCH3 is 1. The molecule has 2 N–H and O–H groups in total. The van der Waals surface area contributed by atoms with Crippen LogP contribution in [0.1, 0.15) is 56.5 Å². The number of rotatable bonds is 6. The fourth-order valence-corrected chi connectivity index (χ4v) is 2.75. The van der Waals surface area contributed by atoms with Crippen molar-refractivity contribution in [1.29, 1.82) is 5.41 Å². The first-order valence-electron chi connectivity index (χ1n) is 9.69. The van der Waals surface area contributed by atoms with Crippen molar-refractivity contribution in [1.82, 2.24) is 4.98 Å². The summed E-state index contributed by atoms with van der Waals surface area (Å²) in [6.07, 6.45) is 5.11. The normalized spacial score (nSPS) is 11.8. The highest BCUT2D eigenvalue weighted by Crippen LogP contribution is 2.37. The second-order valence-corrected chi connectivity index (χ2v) is 6.62. The molecule has 3 rings (SSSR count). The van der Waals surface area contributed by atoms with Gasteiger partial charge in [0.15, 0.2) is 11.5 Å². The zero-order valence-corrected chi connectivity index (χ0v) is 18.6. The van der Waals surface area contributed by atoms with Crippen molar-refractivity contribution in [3.8, 4) is 5.75 Å². The number of hydrogen-bond acceptors (Lipinski definition) is 5. The molecule has 1 aliphatic carbocycles. The average Bonchev–Trinajstić information content (AvgIpc) is 3.55. The Morgan fingerprint density at radius 3 is 2.45 bits per heavy atom. The summed E-state index contributed by atoms with van der Waals surface area (Å²) < 4.78 is 5.46. The average molecular weight is 416 g/mol. The Hall–Kier alpha value is -2.66. The zero-order chi connectivity index (χ0) is 22.0. The molecular weight excluding hydrogens is 386 g/mol. The number of ketones is 1. The van der Waals surface area contributed by atoms with E-state index in [1.807, 2.05) is 39.0 Å². The van der Waals surface area contributed by atoms with Gasteiger partial charge in [-0.1, -0.05) is 37.6 Å². The van der Waals surface area contributed by atoms with Gasteiger partial charge in [0.25, 0.3) is 0 Å². The summed E-state index contributed by atoms with van der Waals surface area (Å²) in [6.45, 7) is 11.0. The highest BCUT2D eigenvalue weighted by molar-refractivity contribution is 6.29. The number of nitrogens with zero attached hydrogens (tertiary/aromatic N) is 1. The number of benzene rings is 1. The molecule has 1 aliphatic rings. The van der Waals surface area contributed by atoms with Gasteiger partial charge >= 0.3 is 0 Å². The highest BCUT2D eigenvalue weighted by atomic mass is 35.5. The molecule has 1 aromatic heterocycles. The van der Waals surface area contributed by atoms with Crippen LogP contribution in [0.15, 0.2) is 43.1 Å². The number of ether oxygens (including phenoxy) is 1. The lowest BCUT2D eigenvalue weighted by molar-refractivity contribution is 0.0968. The van der Waals surface area contributed by atoms with Gasteiger partial charge in [0.05, 0.1) is 24.0 Å². The Bertz CT molecular complexity index is 861. The van der Waals surface area contributed by atoms with Gasteiger partial charge in [-0.05, 0) is 44.9 Å². The Balaban J connectivity index is 0.000000771. The molecule has 0 saturated heterocycles. The van der Waals surface area contributed by atoms with E-state index in [1.54, 1.807) is 26.2 Å². The molecule has 0 spiro atoms.